The van der Waals surface area contributed by atoms with Gasteiger partial charge in [0.15, 0.2) is 11.5 Å². The monoisotopic (exact) mass is 571 g/mol. The zero-order chi connectivity index (χ0) is 27.9. The minimum atomic E-state index is -3.82. The fourth-order valence-corrected chi connectivity index (χ4v) is 6.48. The van der Waals surface area contributed by atoms with E-state index in [1.54, 1.807) is 18.2 Å². The number of carbonyl (C=O) groups is 1. The molecule has 1 N–H and O–H groups in total. The van der Waals surface area contributed by atoms with Crippen molar-refractivity contribution in [1.82, 2.24) is 9.62 Å². The molecule has 0 unspecified atom stereocenters. The number of nitrogens with one attached hydrogen (secondary N) is 1. The molecule has 1 atom stereocenters. The fraction of sp³-hybridized carbons (Fsp3) is 0.458. The molecule has 2 aromatic carbocycles. The van der Waals surface area contributed by atoms with E-state index in [9.17, 15) is 21.6 Å². The second-order valence-electron chi connectivity index (χ2n) is 8.40. The molecule has 2 aromatic rings. The molecule has 0 bridgehead atoms. The second kappa shape index (κ2) is 12.7. The van der Waals surface area contributed by atoms with Crippen LogP contribution in [0.25, 0.3) is 0 Å². The molecule has 210 valence electrons. The molecule has 0 spiro atoms. The van der Waals surface area contributed by atoms with Crippen molar-refractivity contribution >= 4 is 31.6 Å². The highest BCUT2D eigenvalue weighted by atomic mass is 32.2. The molecule has 38 heavy (non-hydrogen) atoms. The Morgan fingerprint density at radius 3 is 2.24 bits per heavy atom. The highest BCUT2D eigenvalue weighted by molar-refractivity contribution is 7.92. The number of methoxy groups -OCH3 is 2. The summed E-state index contributed by atoms with van der Waals surface area (Å²) in [7, 11) is -4.53. The number of benzene rings is 2. The summed E-state index contributed by atoms with van der Waals surface area (Å²) >= 11 is 0. The van der Waals surface area contributed by atoms with E-state index >= 15 is 0 Å². The largest absolute Gasteiger partial charge is 0.493 e. The molecule has 1 amide bonds. The lowest BCUT2D eigenvalue weighted by molar-refractivity contribution is -0.121. The van der Waals surface area contributed by atoms with Gasteiger partial charge in [0.05, 0.1) is 50.8 Å². The van der Waals surface area contributed by atoms with Crippen LogP contribution in [0.1, 0.15) is 6.92 Å². The van der Waals surface area contributed by atoms with Crippen molar-refractivity contribution in [3.8, 4) is 17.2 Å². The number of anilines is 1. The van der Waals surface area contributed by atoms with Crippen molar-refractivity contribution in [3.05, 3.63) is 42.5 Å². The average Bonchev–Trinajstić information content (AvgIpc) is 2.90. The molecule has 1 saturated heterocycles. The molecule has 14 heteroatoms. The van der Waals surface area contributed by atoms with Gasteiger partial charge >= 0.3 is 0 Å². The van der Waals surface area contributed by atoms with Gasteiger partial charge in [-0.1, -0.05) is 0 Å². The van der Waals surface area contributed by atoms with Gasteiger partial charge in [-0.2, -0.15) is 4.31 Å². The van der Waals surface area contributed by atoms with Crippen LogP contribution in [0.4, 0.5) is 5.69 Å². The Kier molecular flexibility index (Phi) is 9.82. The van der Waals surface area contributed by atoms with Gasteiger partial charge in [0.1, 0.15) is 18.4 Å². The first-order valence-corrected chi connectivity index (χ1v) is 15.1. The van der Waals surface area contributed by atoms with Crippen molar-refractivity contribution in [2.75, 3.05) is 64.2 Å². The zero-order valence-electron chi connectivity index (χ0n) is 21.7. The summed E-state index contributed by atoms with van der Waals surface area (Å²) in [6.07, 6.45) is 1.01. The Morgan fingerprint density at radius 2 is 1.66 bits per heavy atom. The van der Waals surface area contributed by atoms with E-state index in [0.717, 1.165) is 10.6 Å². The lowest BCUT2D eigenvalue weighted by Gasteiger charge is -2.28. The lowest BCUT2D eigenvalue weighted by Crippen LogP contribution is -2.48. The van der Waals surface area contributed by atoms with Crippen LogP contribution in [0, 0.1) is 0 Å². The molecule has 1 heterocycles. The summed E-state index contributed by atoms with van der Waals surface area (Å²) in [6.45, 7) is 3.00. The van der Waals surface area contributed by atoms with E-state index in [1.807, 2.05) is 0 Å². The van der Waals surface area contributed by atoms with Crippen molar-refractivity contribution in [2.24, 2.45) is 0 Å². The number of amides is 1. The maximum Gasteiger partial charge on any atom is 0.243 e. The van der Waals surface area contributed by atoms with Gasteiger partial charge in [-0.15, -0.1) is 0 Å². The molecule has 0 radical (unpaired) electrons. The van der Waals surface area contributed by atoms with E-state index in [4.69, 9.17) is 18.9 Å². The average molecular weight is 572 g/mol. The first kappa shape index (κ1) is 29.5. The summed E-state index contributed by atoms with van der Waals surface area (Å²) in [5.41, 5.74) is 0.246. The molecule has 0 aliphatic carbocycles. The fourth-order valence-electron chi connectivity index (χ4n) is 3.91. The van der Waals surface area contributed by atoms with Crippen LogP contribution in [-0.4, -0.2) is 93.0 Å². The number of nitrogens with zero attached hydrogens (tertiary/aromatic N) is 2. The molecule has 1 aliphatic rings. The number of hydrogen-bond donors (Lipinski definition) is 1. The first-order chi connectivity index (χ1) is 18.0. The van der Waals surface area contributed by atoms with Crippen molar-refractivity contribution < 1.29 is 40.6 Å². The highest BCUT2D eigenvalue weighted by Gasteiger charge is 2.30. The third-order valence-corrected chi connectivity index (χ3v) is 8.97. The van der Waals surface area contributed by atoms with E-state index in [2.05, 4.69) is 5.32 Å². The summed E-state index contributed by atoms with van der Waals surface area (Å²) in [6, 6.07) is 9.52. The van der Waals surface area contributed by atoms with E-state index in [1.165, 1.54) is 49.7 Å². The van der Waals surface area contributed by atoms with Crippen LogP contribution in [0.2, 0.25) is 0 Å². The molecule has 12 nitrogen and oxygen atoms in total. The number of rotatable bonds is 12. The molecule has 1 aliphatic heterocycles. The number of sulfonamides is 2. The molecule has 0 aromatic heterocycles. The number of ether oxygens (including phenoxy) is 4. The standard InChI is InChI=1S/C24H33N3O9S2/c1-18(27(37(4,29)30)19-5-10-22(33-2)23(17-19)34-3)24(28)25-11-14-36-20-6-8-21(9-7-20)38(31,32)26-12-15-35-16-13-26/h5-10,17-18H,11-16H2,1-4H3,(H,25,28)/t18-/m0/s1. The summed E-state index contributed by atoms with van der Waals surface area (Å²) in [5.74, 6) is 0.645. The summed E-state index contributed by atoms with van der Waals surface area (Å²) in [5, 5.41) is 2.66. The quantitative estimate of drug-likeness (QED) is 0.371. The highest BCUT2D eigenvalue weighted by Crippen LogP contribution is 2.33. The maximum atomic E-state index is 12.8. The summed E-state index contributed by atoms with van der Waals surface area (Å²) < 4.78 is 74.2. The van der Waals surface area contributed by atoms with Crippen LogP contribution in [0.5, 0.6) is 17.2 Å². The Balaban J connectivity index is 1.57. The SMILES string of the molecule is COc1ccc(N([C@@H](C)C(=O)NCCOc2ccc(S(=O)(=O)N3CCOCC3)cc2)S(C)(=O)=O)cc1OC. The Labute approximate surface area is 223 Å². The van der Waals surface area contributed by atoms with Gasteiger partial charge in [0.25, 0.3) is 0 Å². The number of morpholine rings is 1. The third-order valence-electron chi connectivity index (χ3n) is 5.81. The lowest BCUT2D eigenvalue weighted by atomic mass is 10.2. The van der Waals surface area contributed by atoms with Crippen molar-refractivity contribution in [3.63, 3.8) is 0 Å². The molecule has 0 saturated carbocycles. The Morgan fingerprint density at radius 1 is 1.03 bits per heavy atom. The minimum Gasteiger partial charge on any atom is -0.493 e. The minimum absolute atomic E-state index is 0.0866. The normalized spacial score (nSPS) is 15.4. The van der Waals surface area contributed by atoms with Gasteiger partial charge in [-0.3, -0.25) is 9.10 Å². The number of hydrogen-bond acceptors (Lipinski definition) is 9. The van der Waals surface area contributed by atoms with Crippen LogP contribution in [-0.2, 0) is 29.6 Å². The first-order valence-electron chi connectivity index (χ1n) is 11.8. The Hall–Kier alpha value is -3.07. The molecular weight excluding hydrogens is 538 g/mol. The van der Waals surface area contributed by atoms with Gasteiger partial charge < -0.3 is 24.3 Å². The zero-order valence-corrected chi connectivity index (χ0v) is 23.4. The van der Waals surface area contributed by atoms with E-state index in [0.29, 0.717) is 43.6 Å². The van der Waals surface area contributed by atoms with Gasteiger partial charge in [0, 0.05) is 19.2 Å². The van der Waals surface area contributed by atoms with Gasteiger partial charge in [0.2, 0.25) is 26.0 Å². The topological polar surface area (TPSA) is 141 Å². The van der Waals surface area contributed by atoms with Gasteiger partial charge in [-0.05, 0) is 43.3 Å². The van der Waals surface area contributed by atoms with E-state index in [-0.39, 0.29) is 23.7 Å². The van der Waals surface area contributed by atoms with Crippen LogP contribution >= 0.6 is 0 Å². The number of carbonyl (C=O) groups excluding carboxylic acids is 1. The predicted octanol–water partition coefficient (Wildman–Crippen LogP) is 1.07. The van der Waals surface area contributed by atoms with Crippen molar-refractivity contribution in [1.29, 1.82) is 0 Å². The van der Waals surface area contributed by atoms with E-state index < -0.39 is 32.0 Å². The van der Waals surface area contributed by atoms with Crippen LogP contribution in [0.15, 0.2) is 47.4 Å². The summed E-state index contributed by atoms with van der Waals surface area (Å²) in [4.78, 5) is 12.9. The smallest absolute Gasteiger partial charge is 0.243 e. The Bertz CT molecular complexity index is 1310. The molecular formula is C24H33N3O9S2. The van der Waals surface area contributed by atoms with Gasteiger partial charge in [-0.25, -0.2) is 16.8 Å². The third kappa shape index (κ3) is 7.07. The molecule has 1 fully saturated rings. The van der Waals surface area contributed by atoms with Crippen LogP contribution in [0.3, 0.4) is 0 Å². The second-order valence-corrected chi connectivity index (χ2v) is 12.2. The van der Waals surface area contributed by atoms with Crippen molar-refractivity contribution in [2.45, 2.75) is 17.9 Å². The molecule has 3 rings (SSSR count). The predicted molar refractivity (Wildman–Crippen MR) is 141 cm³/mol. The maximum absolute atomic E-state index is 12.8. The van der Waals surface area contributed by atoms with Crippen LogP contribution < -0.4 is 23.8 Å².